The number of aryl methyl sites for hydroxylation is 1. The Balaban J connectivity index is 2.01. The van der Waals surface area contributed by atoms with Crippen LogP contribution in [0.5, 0.6) is 0 Å². The van der Waals surface area contributed by atoms with Crippen LogP contribution in [0.2, 0.25) is 0 Å². The minimum Gasteiger partial charge on any atom is -0.370 e. The molecular formula is C16H17N3S. The highest BCUT2D eigenvalue weighted by Gasteiger charge is 2.09. The van der Waals surface area contributed by atoms with E-state index in [-0.39, 0.29) is 0 Å². The van der Waals surface area contributed by atoms with Crippen LogP contribution in [0.1, 0.15) is 23.9 Å². The van der Waals surface area contributed by atoms with E-state index in [0.717, 1.165) is 34.8 Å². The Bertz CT molecular complexity index is 733. The Morgan fingerprint density at radius 1 is 1.15 bits per heavy atom. The van der Waals surface area contributed by atoms with Crippen LogP contribution in [0.15, 0.2) is 35.7 Å². The van der Waals surface area contributed by atoms with Crippen molar-refractivity contribution in [3.05, 3.63) is 52.7 Å². The molecule has 1 aromatic carbocycles. The van der Waals surface area contributed by atoms with Gasteiger partial charge in [0.15, 0.2) is 0 Å². The van der Waals surface area contributed by atoms with Gasteiger partial charge in [-0.25, -0.2) is 9.97 Å². The summed E-state index contributed by atoms with van der Waals surface area (Å²) in [5.74, 6) is 1.83. The van der Waals surface area contributed by atoms with E-state index in [1.54, 1.807) is 11.3 Å². The summed E-state index contributed by atoms with van der Waals surface area (Å²) < 4.78 is 0. The molecule has 2 aromatic heterocycles. The van der Waals surface area contributed by atoms with E-state index in [1.807, 2.05) is 0 Å². The van der Waals surface area contributed by atoms with Crippen LogP contribution in [0.25, 0.3) is 10.2 Å². The molecule has 0 atom stereocenters. The Morgan fingerprint density at radius 3 is 2.80 bits per heavy atom. The van der Waals surface area contributed by atoms with Crippen LogP contribution < -0.4 is 5.32 Å². The normalized spacial score (nSPS) is 10.9. The first-order chi connectivity index (χ1) is 9.78. The third kappa shape index (κ3) is 2.51. The molecule has 20 heavy (non-hydrogen) atoms. The van der Waals surface area contributed by atoms with Crippen molar-refractivity contribution >= 4 is 27.4 Å². The SMILES string of the molecule is CCNc1nc(Cc2ccccc2C)nc2sccc12. The predicted molar refractivity (Wildman–Crippen MR) is 85.6 cm³/mol. The summed E-state index contributed by atoms with van der Waals surface area (Å²) in [4.78, 5) is 10.4. The van der Waals surface area contributed by atoms with Gasteiger partial charge in [0.05, 0.1) is 5.39 Å². The summed E-state index contributed by atoms with van der Waals surface area (Å²) in [6.45, 7) is 5.08. The zero-order valence-electron chi connectivity index (χ0n) is 11.7. The molecule has 4 heteroatoms. The van der Waals surface area contributed by atoms with Gasteiger partial charge in [0.25, 0.3) is 0 Å². The monoisotopic (exact) mass is 283 g/mol. The van der Waals surface area contributed by atoms with Gasteiger partial charge in [-0.2, -0.15) is 0 Å². The van der Waals surface area contributed by atoms with Crippen LogP contribution in [0.3, 0.4) is 0 Å². The predicted octanol–water partition coefficient (Wildman–Crippen LogP) is 4.02. The first-order valence-electron chi connectivity index (χ1n) is 6.80. The molecule has 0 aliphatic carbocycles. The fourth-order valence-electron chi connectivity index (χ4n) is 2.26. The van der Waals surface area contributed by atoms with Crippen LogP contribution in [-0.2, 0) is 6.42 Å². The van der Waals surface area contributed by atoms with Crippen LogP contribution in [-0.4, -0.2) is 16.5 Å². The fourth-order valence-corrected chi connectivity index (χ4v) is 3.04. The maximum atomic E-state index is 4.68. The highest BCUT2D eigenvalue weighted by Crippen LogP contribution is 2.25. The zero-order valence-corrected chi connectivity index (χ0v) is 12.5. The van der Waals surface area contributed by atoms with Crippen molar-refractivity contribution in [1.82, 2.24) is 9.97 Å². The molecule has 3 aromatic rings. The number of hydrogen-bond acceptors (Lipinski definition) is 4. The third-order valence-electron chi connectivity index (χ3n) is 3.33. The van der Waals surface area contributed by atoms with E-state index in [1.165, 1.54) is 11.1 Å². The van der Waals surface area contributed by atoms with Crippen molar-refractivity contribution < 1.29 is 0 Å². The minimum absolute atomic E-state index is 0.777. The highest BCUT2D eigenvalue weighted by atomic mass is 32.1. The molecule has 0 saturated heterocycles. The smallest absolute Gasteiger partial charge is 0.138 e. The average Bonchev–Trinajstić information content (AvgIpc) is 2.90. The van der Waals surface area contributed by atoms with Gasteiger partial charge in [0, 0.05) is 13.0 Å². The van der Waals surface area contributed by atoms with Crippen LogP contribution in [0.4, 0.5) is 5.82 Å². The first-order valence-corrected chi connectivity index (χ1v) is 7.68. The van der Waals surface area contributed by atoms with Crippen molar-refractivity contribution in [1.29, 1.82) is 0 Å². The van der Waals surface area contributed by atoms with Crippen molar-refractivity contribution in [2.24, 2.45) is 0 Å². The summed E-state index contributed by atoms with van der Waals surface area (Å²) in [5, 5.41) is 6.52. The molecule has 0 saturated carbocycles. The molecule has 0 fully saturated rings. The van der Waals surface area contributed by atoms with Crippen LogP contribution >= 0.6 is 11.3 Å². The highest BCUT2D eigenvalue weighted by molar-refractivity contribution is 7.16. The largest absolute Gasteiger partial charge is 0.370 e. The second-order valence-corrected chi connectivity index (χ2v) is 5.66. The standard InChI is InChI=1S/C16H17N3S/c1-3-17-15-13-8-9-20-16(13)19-14(18-15)10-12-7-5-4-6-11(12)2/h4-9H,3,10H2,1-2H3,(H,17,18,19). The summed E-state index contributed by atoms with van der Waals surface area (Å²) in [5.41, 5.74) is 2.57. The molecule has 1 N–H and O–H groups in total. The van der Waals surface area contributed by atoms with E-state index in [2.05, 4.69) is 64.8 Å². The number of anilines is 1. The van der Waals surface area contributed by atoms with Gasteiger partial charge in [-0.15, -0.1) is 11.3 Å². The lowest BCUT2D eigenvalue weighted by Crippen LogP contribution is -2.05. The van der Waals surface area contributed by atoms with E-state index in [9.17, 15) is 0 Å². The topological polar surface area (TPSA) is 37.8 Å². The lowest BCUT2D eigenvalue weighted by atomic mass is 10.1. The van der Waals surface area contributed by atoms with Gasteiger partial charge in [-0.1, -0.05) is 24.3 Å². The van der Waals surface area contributed by atoms with Gasteiger partial charge in [0.2, 0.25) is 0 Å². The molecule has 2 heterocycles. The van der Waals surface area contributed by atoms with E-state index in [4.69, 9.17) is 0 Å². The summed E-state index contributed by atoms with van der Waals surface area (Å²) in [6, 6.07) is 10.5. The maximum Gasteiger partial charge on any atom is 0.138 e. The average molecular weight is 283 g/mol. The zero-order chi connectivity index (χ0) is 13.9. The van der Waals surface area contributed by atoms with E-state index >= 15 is 0 Å². The quantitative estimate of drug-likeness (QED) is 0.785. The van der Waals surface area contributed by atoms with E-state index in [0.29, 0.717) is 0 Å². The van der Waals surface area contributed by atoms with E-state index < -0.39 is 0 Å². The molecule has 3 rings (SSSR count). The van der Waals surface area contributed by atoms with Crippen molar-refractivity contribution in [3.63, 3.8) is 0 Å². The number of hydrogen-bond donors (Lipinski definition) is 1. The molecule has 0 spiro atoms. The molecule has 0 aliphatic rings. The number of fused-ring (bicyclic) bond motifs is 1. The second kappa shape index (κ2) is 5.59. The lowest BCUT2D eigenvalue weighted by molar-refractivity contribution is 0.982. The molecule has 3 nitrogen and oxygen atoms in total. The molecule has 0 unspecified atom stereocenters. The van der Waals surface area contributed by atoms with Gasteiger partial charge in [-0.05, 0) is 36.4 Å². The second-order valence-electron chi connectivity index (χ2n) is 4.76. The van der Waals surface area contributed by atoms with Crippen LogP contribution in [0, 0.1) is 6.92 Å². The molecule has 0 aliphatic heterocycles. The van der Waals surface area contributed by atoms with Gasteiger partial charge in [0.1, 0.15) is 16.5 Å². The Labute approximate surface area is 122 Å². The number of thiophene rings is 1. The van der Waals surface area contributed by atoms with Crippen molar-refractivity contribution in [3.8, 4) is 0 Å². The molecule has 0 amide bonds. The Hall–Kier alpha value is -1.94. The molecule has 0 bridgehead atoms. The van der Waals surface area contributed by atoms with Gasteiger partial charge >= 0.3 is 0 Å². The summed E-state index contributed by atoms with van der Waals surface area (Å²) in [6.07, 6.45) is 0.777. The number of benzene rings is 1. The summed E-state index contributed by atoms with van der Waals surface area (Å²) >= 11 is 1.67. The van der Waals surface area contributed by atoms with Crippen molar-refractivity contribution in [2.45, 2.75) is 20.3 Å². The van der Waals surface area contributed by atoms with Gasteiger partial charge < -0.3 is 5.32 Å². The first kappa shape index (κ1) is 13.1. The maximum absolute atomic E-state index is 4.68. The molecule has 102 valence electrons. The lowest BCUT2D eigenvalue weighted by Gasteiger charge is -2.08. The molecule has 0 radical (unpaired) electrons. The molecular weight excluding hydrogens is 266 g/mol. The number of rotatable bonds is 4. The number of aromatic nitrogens is 2. The third-order valence-corrected chi connectivity index (χ3v) is 4.13. The van der Waals surface area contributed by atoms with Gasteiger partial charge in [-0.3, -0.25) is 0 Å². The fraction of sp³-hybridized carbons (Fsp3) is 0.250. The minimum atomic E-state index is 0.777. The van der Waals surface area contributed by atoms with Crippen molar-refractivity contribution in [2.75, 3.05) is 11.9 Å². The summed E-state index contributed by atoms with van der Waals surface area (Å²) in [7, 11) is 0. The number of nitrogens with zero attached hydrogens (tertiary/aromatic N) is 2. The Morgan fingerprint density at radius 2 is 2.00 bits per heavy atom. The Kier molecular flexibility index (Phi) is 3.65. The number of nitrogens with one attached hydrogen (secondary N) is 1.